The highest BCUT2D eigenvalue weighted by molar-refractivity contribution is 14.1. The summed E-state index contributed by atoms with van der Waals surface area (Å²) in [5.41, 5.74) is 0.631. The molecule has 0 radical (unpaired) electrons. The third kappa shape index (κ3) is 3.68. The zero-order valence-electron chi connectivity index (χ0n) is 10.5. The van der Waals surface area contributed by atoms with E-state index in [9.17, 15) is 9.59 Å². The zero-order valence-corrected chi connectivity index (χ0v) is 14.2. The number of rotatable bonds is 2. The van der Waals surface area contributed by atoms with Crippen molar-refractivity contribution in [2.24, 2.45) is 0 Å². The lowest BCUT2D eigenvalue weighted by atomic mass is 10.1. The van der Waals surface area contributed by atoms with E-state index in [0.29, 0.717) is 24.9 Å². The molecule has 6 heteroatoms. The second kappa shape index (κ2) is 6.21. The Balaban J connectivity index is 2.05. The molecule has 1 aromatic carbocycles. The summed E-state index contributed by atoms with van der Waals surface area (Å²) in [7, 11) is 1.77. The van der Waals surface area contributed by atoms with Crippen molar-refractivity contribution in [3.05, 3.63) is 31.8 Å². The molecule has 1 N–H and O–H groups in total. The lowest BCUT2D eigenvalue weighted by Gasteiger charge is -2.30. The van der Waals surface area contributed by atoms with Crippen molar-refractivity contribution in [3.63, 3.8) is 0 Å². The van der Waals surface area contributed by atoms with Crippen LogP contribution in [0.5, 0.6) is 0 Å². The molecule has 2 rings (SSSR count). The van der Waals surface area contributed by atoms with Gasteiger partial charge in [0.05, 0.1) is 5.56 Å². The van der Waals surface area contributed by atoms with Crippen molar-refractivity contribution in [1.82, 2.24) is 10.2 Å². The number of hydrogen-bond acceptors (Lipinski definition) is 2. The van der Waals surface area contributed by atoms with Gasteiger partial charge in [0.25, 0.3) is 5.91 Å². The van der Waals surface area contributed by atoms with Gasteiger partial charge >= 0.3 is 0 Å². The fourth-order valence-electron chi connectivity index (χ4n) is 2.06. The van der Waals surface area contributed by atoms with E-state index in [-0.39, 0.29) is 17.9 Å². The number of hydrogen-bond donors (Lipinski definition) is 1. The fraction of sp³-hybridized carbons (Fsp3) is 0.385. The molecule has 0 aromatic heterocycles. The van der Waals surface area contributed by atoms with Crippen molar-refractivity contribution in [2.75, 3.05) is 13.6 Å². The summed E-state index contributed by atoms with van der Waals surface area (Å²) in [4.78, 5) is 25.3. The van der Waals surface area contributed by atoms with E-state index >= 15 is 0 Å². The summed E-state index contributed by atoms with van der Waals surface area (Å²) >= 11 is 5.57. The lowest BCUT2D eigenvalue weighted by molar-refractivity contribution is -0.132. The Hall–Kier alpha value is -0.630. The summed E-state index contributed by atoms with van der Waals surface area (Å²) in [5.74, 6) is 0.0408. The molecule has 0 aliphatic carbocycles. The molecule has 4 nitrogen and oxygen atoms in total. The van der Waals surface area contributed by atoms with Crippen molar-refractivity contribution in [3.8, 4) is 0 Å². The van der Waals surface area contributed by atoms with Crippen molar-refractivity contribution in [2.45, 2.75) is 18.9 Å². The van der Waals surface area contributed by atoms with Gasteiger partial charge in [0, 0.05) is 34.1 Å². The Morgan fingerprint density at radius 3 is 2.95 bits per heavy atom. The SMILES string of the molecule is CN1CC(NC(=O)c2cc(I)ccc2Br)CCC1=O. The second-order valence-corrected chi connectivity index (χ2v) is 6.71. The van der Waals surface area contributed by atoms with Gasteiger partial charge in [0.15, 0.2) is 0 Å². The van der Waals surface area contributed by atoms with Gasteiger partial charge < -0.3 is 10.2 Å². The first kappa shape index (κ1) is 14.8. The molecular weight excluding hydrogens is 423 g/mol. The van der Waals surface area contributed by atoms with Crippen LogP contribution < -0.4 is 5.32 Å². The van der Waals surface area contributed by atoms with E-state index in [0.717, 1.165) is 8.04 Å². The number of halogens is 2. The maximum absolute atomic E-state index is 12.2. The van der Waals surface area contributed by atoms with Crippen LogP contribution in [-0.2, 0) is 4.79 Å². The highest BCUT2D eigenvalue weighted by Crippen LogP contribution is 2.20. The smallest absolute Gasteiger partial charge is 0.252 e. The largest absolute Gasteiger partial charge is 0.347 e. The van der Waals surface area contributed by atoms with Crippen LogP contribution in [0.2, 0.25) is 0 Å². The lowest BCUT2D eigenvalue weighted by Crippen LogP contribution is -2.48. The number of carbonyl (C=O) groups excluding carboxylic acids is 2. The Morgan fingerprint density at radius 2 is 2.26 bits per heavy atom. The van der Waals surface area contributed by atoms with Gasteiger partial charge in [-0.25, -0.2) is 0 Å². The van der Waals surface area contributed by atoms with Crippen molar-refractivity contribution < 1.29 is 9.59 Å². The normalized spacial score (nSPS) is 19.4. The minimum atomic E-state index is -0.0989. The van der Waals surface area contributed by atoms with E-state index in [4.69, 9.17) is 0 Å². The van der Waals surface area contributed by atoms with Gasteiger partial charge in [-0.2, -0.15) is 0 Å². The van der Waals surface area contributed by atoms with E-state index < -0.39 is 0 Å². The van der Waals surface area contributed by atoms with E-state index in [2.05, 4.69) is 43.8 Å². The van der Waals surface area contributed by atoms with Gasteiger partial charge in [-0.05, 0) is 63.1 Å². The number of piperidine rings is 1. The van der Waals surface area contributed by atoms with E-state index in [1.807, 2.05) is 18.2 Å². The summed E-state index contributed by atoms with van der Waals surface area (Å²) < 4.78 is 1.80. The van der Waals surface area contributed by atoms with Crippen LogP contribution in [0.15, 0.2) is 22.7 Å². The van der Waals surface area contributed by atoms with Crippen LogP contribution in [0.4, 0.5) is 0 Å². The highest BCUT2D eigenvalue weighted by Gasteiger charge is 2.24. The molecule has 2 amide bonds. The van der Waals surface area contributed by atoms with Gasteiger partial charge in [0.1, 0.15) is 0 Å². The van der Waals surface area contributed by atoms with E-state index in [1.165, 1.54) is 0 Å². The quantitative estimate of drug-likeness (QED) is 0.723. The highest BCUT2D eigenvalue weighted by atomic mass is 127. The molecule has 1 unspecified atom stereocenters. The molecule has 1 aliphatic rings. The Bertz CT molecular complexity index is 521. The van der Waals surface area contributed by atoms with Crippen molar-refractivity contribution in [1.29, 1.82) is 0 Å². The van der Waals surface area contributed by atoms with Gasteiger partial charge in [0.2, 0.25) is 5.91 Å². The summed E-state index contributed by atoms with van der Waals surface area (Å²) in [6.07, 6.45) is 1.20. The monoisotopic (exact) mass is 436 g/mol. The molecule has 0 bridgehead atoms. The number of nitrogens with one attached hydrogen (secondary N) is 1. The number of likely N-dealkylation sites (N-methyl/N-ethyl adjacent to an activating group) is 1. The van der Waals surface area contributed by atoms with Gasteiger partial charge in [-0.3, -0.25) is 9.59 Å². The predicted octanol–water partition coefficient (Wildman–Crippen LogP) is 2.40. The minimum Gasteiger partial charge on any atom is -0.347 e. The number of nitrogens with zero attached hydrogens (tertiary/aromatic N) is 1. The average molecular weight is 437 g/mol. The summed E-state index contributed by atoms with van der Waals surface area (Å²) in [6, 6.07) is 5.68. The molecule has 1 heterocycles. The molecule has 102 valence electrons. The van der Waals surface area contributed by atoms with Crippen LogP contribution in [0.1, 0.15) is 23.2 Å². The fourth-order valence-corrected chi connectivity index (χ4v) is 2.98. The molecule has 1 atom stereocenters. The van der Waals surface area contributed by atoms with Crippen LogP contribution in [-0.4, -0.2) is 36.3 Å². The van der Waals surface area contributed by atoms with E-state index in [1.54, 1.807) is 11.9 Å². The molecule has 1 aliphatic heterocycles. The Morgan fingerprint density at radius 1 is 1.53 bits per heavy atom. The first-order valence-corrected chi connectivity index (χ1v) is 7.84. The number of carbonyl (C=O) groups is 2. The minimum absolute atomic E-state index is 0.0277. The first-order valence-electron chi connectivity index (χ1n) is 5.97. The number of likely N-dealkylation sites (tertiary alicyclic amines) is 1. The third-order valence-electron chi connectivity index (χ3n) is 3.13. The van der Waals surface area contributed by atoms with Gasteiger partial charge in [-0.1, -0.05) is 0 Å². The molecule has 19 heavy (non-hydrogen) atoms. The van der Waals surface area contributed by atoms with Crippen LogP contribution >= 0.6 is 38.5 Å². The molecule has 1 fully saturated rings. The second-order valence-electron chi connectivity index (χ2n) is 4.61. The van der Waals surface area contributed by atoms with Crippen LogP contribution in [0.25, 0.3) is 0 Å². The molecule has 0 spiro atoms. The van der Waals surface area contributed by atoms with Gasteiger partial charge in [-0.15, -0.1) is 0 Å². The molecular formula is C13H14BrIN2O2. The molecule has 1 aromatic rings. The van der Waals surface area contributed by atoms with Crippen LogP contribution in [0, 0.1) is 3.57 Å². The molecule has 0 saturated carbocycles. The van der Waals surface area contributed by atoms with Crippen LogP contribution in [0.3, 0.4) is 0 Å². The number of benzene rings is 1. The topological polar surface area (TPSA) is 49.4 Å². The maximum atomic E-state index is 12.2. The Kier molecular flexibility index (Phi) is 4.83. The Labute approximate surface area is 134 Å². The average Bonchev–Trinajstić information content (AvgIpc) is 2.36. The van der Waals surface area contributed by atoms with Crippen molar-refractivity contribution >= 4 is 50.3 Å². The molecule has 1 saturated heterocycles. The first-order chi connectivity index (χ1) is 8.97. The predicted molar refractivity (Wildman–Crippen MR) is 85.0 cm³/mol. The zero-order chi connectivity index (χ0) is 14.0. The standard InChI is InChI=1S/C13H14BrIN2O2/c1-17-7-9(3-5-12(17)18)16-13(19)10-6-8(15)2-4-11(10)14/h2,4,6,9H,3,5,7H2,1H3,(H,16,19). The maximum Gasteiger partial charge on any atom is 0.252 e. The summed E-state index contributed by atoms with van der Waals surface area (Å²) in [5, 5.41) is 2.99. The third-order valence-corrected chi connectivity index (χ3v) is 4.50. The summed E-state index contributed by atoms with van der Waals surface area (Å²) in [6.45, 7) is 0.576. The number of amides is 2.